The summed E-state index contributed by atoms with van der Waals surface area (Å²) in [5, 5.41) is 3.16. The molecule has 1 aliphatic rings. The normalized spacial score (nSPS) is 13.3. The first-order valence-electron chi connectivity index (χ1n) is 5.27. The molecule has 0 amide bonds. The Bertz CT molecular complexity index is 374. The lowest BCUT2D eigenvalue weighted by Crippen LogP contribution is -2.11. The van der Waals surface area contributed by atoms with Gasteiger partial charge in [0.25, 0.3) is 0 Å². The third-order valence-electron chi connectivity index (χ3n) is 2.93. The summed E-state index contributed by atoms with van der Waals surface area (Å²) in [5.41, 5.74) is 3.86. The highest BCUT2D eigenvalue weighted by Crippen LogP contribution is 2.39. The Morgan fingerprint density at radius 1 is 1.33 bits per heavy atom. The molecule has 1 aliphatic heterocycles. The van der Waals surface area contributed by atoms with E-state index in [4.69, 9.17) is 9.47 Å². The van der Waals surface area contributed by atoms with Crippen molar-refractivity contribution < 1.29 is 9.47 Å². The molecule has 0 saturated heterocycles. The predicted molar refractivity (Wildman–Crippen MR) is 59.7 cm³/mol. The molecular formula is C12H17NO2. The minimum atomic E-state index is 0.352. The predicted octanol–water partition coefficient (Wildman–Crippen LogP) is 1.79. The van der Waals surface area contributed by atoms with Crippen molar-refractivity contribution in [2.24, 2.45) is 0 Å². The fraction of sp³-hybridized carbons (Fsp3) is 0.500. The quantitative estimate of drug-likeness (QED) is 0.819. The number of fused-ring (bicyclic) bond motifs is 1. The van der Waals surface area contributed by atoms with Gasteiger partial charge in [-0.05, 0) is 51.1 Å². The molecule has 1 aromatic rings. The van der Waals surface area contributed by atoms with Crippen LogP contribution in [0.2, 0.25) is 0 Å². The molecule has 1 N–H and O–H groups in total. The lowest BCUT2D eigenvalue weighted by atomic mass is 9.99. The zero-order valence-corrected chi connectivity index (χ0v) is 9.52. The Morgan fingerprint density at radius 2 is 2.13 bits per heavy atom. The molecule has 0 aliphatic carbocycles. The second kappa shape index (κ2) is 4.11. The van der Waals surface area contributed by atoms with Gasteiger partial charge in [0.2, 0.25) is 6.79 Å². The molecule has 0 spiro atoms. The Kier molecular flexibility index (Phi) is 2.82. The summed E-state index contributed by atoms with van der Waals surface area (Å²) >= 11 is 0. The average Bonchev–Trinajstić information content (AvgIpc) is 2.66. The van der Waals surface area contributed by atoms with Crippen molar-refractivity contribution in [2.45, 2.75) is 20.3 Å². The van der Waals surface area contributed by atoms with Gasteiger partial charge in [0.05, 0.1) is 0 Å². The smallest absolute Gasteiger partial charge is 0.231 e. The third-order valence-corrected chi connectivity index (χ3v) is 2.93. The van der Waals surface area contributed by atoms with Gasteiger partial charge in [-0.15, -0.1) is 0 Å². The summed E-state index contributed by atoms with van der Waals surface area (Å²) < 4.78 is 10.9. The van der Waals surface area contributed by atoms with Crippen molar-refractivity contribution in [3.05, 3.63) is 22.8 Å². The first-order valence-corrected chi connectivity index (χ1v) is 5.27. The topological polar surface area (TPSA) is 30.5 Å². The molecule has 0 aromatic heterocycles. The first-order chi connectivity index (χ1) is 7.24. The van der Waals surface area contributed by atoms with Gasteiger partial charge in [-0.3, -0.25) is 0 Å². The number of benzene rings is 1. The average molecular weight is 207 g/mol. The molecule has 2 rings (SSSR count). The highest BCUT2D eigenvalue weighted by atomic mass is 16.7. The molecule has 1 aromatic carbocycles. The molecule has 82 valence electrons. The van der Waals surface area contributed by atoms with E-state index in [0.717, 1.165) is 24.5 Å². The zero-order valence-electron chi connectivity index (χ0n) is 9.52. The van der Waals surface area contributed by atoms with Crippen LogP contribution in [0.25, 0.3) is 0 Å². The van der Waals surface area contributed by atoms with E-state index < -0.39 is 0 Å². The molecule has 1 heterocycles. The zero-order chi connectivity index (χ0) is 10.8. The van der Waals surface area contributed by atoms with Crippen molar-refractivity contribution in [3.8, 4) is 11.5 Å². The minimum absolute atomic E-state index is 0.352. The Balaban J connectivity index is 2.41. The maximum absolute atomic E-state index is 5.51. The molecule has 0 radical (unpaired) electrons. The summed E-state index contributed by atoms with van der Waals surface area (Å²) in [6, 6.07) is 2.06. The highest BCUT2D eigenvalue weighted by Gasteiger charge is 2.20. The SMILES string of the molecule is CNCCc1c(C)c(C)cc2c1OCO2. The maximum atomic E-state index is 5.51. The van der Waals surface area contributed by atoms with Crippen LogP contribution in [-0.4, -0.2) is 20.4 Å². The van der Waals surface area contributed by atoms with Crippen LogP contribution < -0.4 is 14.8 Å². The van der Waals surface area contributed by atoms with Gasteiger partial charge in [0.1, 0.15) is 0 Å². The van der Waals surface area contributed by atoms with E-state index in [0.29, 0.717) is 6.79 Å². The fourth-order valence-electron chi connectivity index (χ4n) is 1.90. The van der Waals surface area contributed by atoms with Crippen LogP contribution in [-0.2, 0) is 6.42 Å². The number of nitrogens with one attached hydrogen (secondary N) is 1. The standard InChI is InChI=1S/C12H17NO2/c1-8-6-11-12(15-7-14-11)10(9(8)2)4-5-13-3/h6,13H,4-5,7H2,1-3H3. The maximum Gasteiger partial charge on any atom is 0.231 e. The highest BCUT2D eigenvalue weighted by molar-refractivity contribution is 5.55. The molecule has 0 saturated carbocycles. The van der Waals surface area contributed by atoms with Crippen LogP contribution >= 0.6 is 0 Å². The second-order valence-electron chi connectivity index (χ2n) is 3.88. The van der Waals surface area contributed by atoms with Crippen LogP contribution in [0.4, 0.5) is 0 Å². The Hall–Kier alpha value is -1.22. The van der Waals surface area contributed by atoms with Gasteiger partial charge in [-0.2, -0.15) is 0 Å². The van der Waals surface area contributed by atoms with E-state index in [-0.39, 0.29) is 0 Å². The summed E-state index contributed by atoms with van der Waals surface area (Å²) in [6.45, 7) is 5.56. The molecule has 0 bridgehead atoms. The van der Waals surface area contributed by atoms with Crippen molar-refractivity contribution >= 4 is 0 Å². The fourth-order valence-corrected chi connectivity index (χ4v) is 1.90. The minimum Gasteiger partial charge on any atom is -0.454 e. The Labute approximate surface area is 90.4 Å². The number of hydrogen-bond donors (Lipinski definition) is 1. The molecule has 0 atom stereocenters. The summed E-state index contributed by atoms with van der Waals surface area (Å²) in [7, 11) is 1.96. The summed E-state index contributed by atoms with van der Waals surface area (Å²) in [6.07, 6.45) is 0.982. The lowest BCUT2D eigenvalue weighted by Gasteiger charge is -2.11. The summed E-state index contributed by atoms with van der Waals surface area (Å²) in [4.78, 5) is 0. The van der Waals surface area contributed by atoms with Crippen LogP contribution in [0.1, 0.15) is 16.7 Å². The van der Waals surface area contributed by atoms with Gasteiger partial charge in [0.15, 0.2) is 11.5 Å². The van der Waals surface area contributed by atoms with Crippen molar-refractivity contribution in [1.82, 2.24) is 5.32 Å². The number of ether oxygens (including phenoxy) is 2. The molecular weight excluding hydrogens is 190 g/mol. The van der Waals surface area contributed by atoms with E-state index in [9.17, 15) is 0 Å². The van der Waals surface area contributed by atoms with Crippen LogP contribution in [0.15, 0.2) is 6.07 Å². The number of aryl methyl sites for hydroxylation is 1. The Morgan fingerprint density at radius 3 is 2.87 bits per heavy atom. The van der Waals surface area contributed by atoms with Gasteiger partial charge >= 0.3 is 0 Å². The molecule has 3 nitrogen and oxygen atoms in total. The van der Waals surface area contributed by atoms with E-state index in [1.807, 2.05) is 7.05 Å². The summed E-state index contributed by atoms with van der Waals surface area (Å²) in [5.74, 6) is 1.83. The van der Waals surface area contributed by atoms with E-state index in [1.54, 1.807) is 0 Å². The third kappa shape index (κ3) is 1.79. The molecule has 0 unspecified atom stereocenters. The van der Waals surface area contributed by atoms with E-state index in [2.05, 4.69) is 25.2 Å². The number of rotatable bonds is 3. The molecule has 3 heteroatoms. The van der Waals surface area contributed by atoms with Crippen LogP contribution in [0.3, 0.4) is 0 Å². The van der Waals surface area contributed by atoms with E-state index >= 15 is 0 Å². The lowest BCUT2D eigenvalue weighted by molar-refractivity contribution is 0.173. The van der Waals surface area contributed by atoms with Gasteiger partial charge in [-0.25, -0.2) is 0 Å². The first kappa shape index (κ1) is 10.3. The number of likely N-dealkylation sites (N-methyl/N-ethyl adjacent to an activating group) is 1. The van der Waals surface area contributed by atoms with Crippen molar-refractivity contribution in [1.29, 1.82) is 0 Å². The molecule has 15 heavy (non-hydrogen) atoms. The van der Waals surface area contributed by atoms with Gasteiger partial charge in [-0.1, -0.05) is 0 Å². The largest absolute Gasteiger partial charge is 0.454 e. The number of hydrogen-bond acceptors (Lipinski definition) is 3. The van der Waals surface area contributed by atoms with Crippen LogP contribution in [0.5, 0.6) is 11.5 Å². The van der Waals surface area contributed by atoms with Gasteiger partial charge in [0, 0.05) is 5.56 Å². The van der Waals surface area contributed by atoms with Crippen molar-refractivity contribution in [2.75, 3.05) is 20.4 Å². The van der Waals surface area contributed by atoms with E-state index in [1.165, 1.54) is 16.7 Å². The van der Waals surface area contributed by atoms with Crippen LogP contribution in [0, 0.1) is 13.8 Å². The van der Waals surface area contributed by atoms with Crippen molar-refractivity contribution in [3.63, 3.8) is 0 Å². The van der Waals surface area contributed by atoms with Gasteiger partial charge < -0.3 is 14.8 Å². The monoisotopic (exact) mass is 207 g/mol. The molecule has 0 fully saturated rings. The second-order valence-corrected chi connectivity index (χ2v) is 3.88.